The highest BCUT2D eigenvalue weighted by atomic mass is 16.5. The Morgan fingerprint density at radius 2 is 2.11 bits per heavy atom. The molecule has 10 heteroatoms. The molecule has 0 radical (unpaired) electrons. The van der Waals surface area contributed by atoms with Crippen LogP contribution >= 0.6 is 0 Å². The Bertz CT molecular complexity index is 1060. The number of aryl methyl sites for hydroxylation is 1. The van der Waals surface area contributed by atoms with E-state index < -0.39 is 16.7 Å². The lowest BCUT2D eigenvalue weighted by Crippen LogP contribution is -2.53. The summed E-state index contributed by atoms with van der Waals surface area (Å²) in [6.07, 6.45) is 4.34. The number of fused-ring (bicyclic) bond motifs is 1. The number of rotatable bonds is 3. The lowest BCUT2D eigenvalue weighted by atomic mass is 10.0. The molecule has 1 saturated heterocycles. The fourth-order valence-electron chi connectivity index (χ4n) is 4.08. The Labute approximate surface area is 160 Å². The molecule has 1 atom stereocenters. The first-order valence-electron chi connectivity index (χ1n) is 9.58. The molecule has 1 saturated carbocycles. The summed E-state index contributed by atoms with van der Waals surface area (Å²) in [5, 5.41) is 8.41. The quantitative estimate of drug-likeness (QED) is 0.650. The van der Waals surface area contributed by atoms with Crippen molar-refractivity contribution in [3.8, 4) is 0 Å². The van der Waals surface area contributed by atoms with E-state index in [1.807, 2.05) is 0 Å². The van der Waals surface area contributed by atoms with Gasteiger partial charge >= 0.3 is 11.1 Å². The van der Waals surface area contributed by atoms with Crippen molar-refractivity contribution >= 4 is 5.91 Å². The van der Waals surface area contributed by atoms with Crippen molar-refractivity contribution in [2.75, 3.05) is 13.1 Å². The van der Waals surface area contributed by atoms with Crippen LogP contribution in [0.3, 0.4) is 0 Å². The number of carbonyl (C=O) groups excluding carboxylic acids is 1. The summed E-state index contributed by atoms with van der Waals surface area (Å²) in [6, 6.07) is 1.68. The van der Waals surface area contributed by atoms with Gasteiger partial charge in [-0.1, -0.05) is 0 Å². The largest absolute Gasteiger partial charge is 0.363 e. The molecule has 2 fully saturated rings. The number of hydrogen-bond donors (Lipinski definition) is 0. The van der Waals surface area contributed by atoms with Gasteiger partial charge in [0.05, 0.1) is 13.1 Å². The molecule has 0 aromatic carbocycles. The summed E-state index contributed by atoms with van der Waals surface area (Å²) in [5.41, 5.74) is -1.28. The van der Waals surface area contributed by atoms with Gasteiger partial charge in [0.15, 0.2) is 5.82 Å². The molecule has 0 N–H and O–H groups in total. The van der Waals surface area contributed by atoms with Gasteiger partial charge in [-0.3, -0.25) is 23.6 Å². The first-order valence-corrected chi connectivity index (χ1v) is 9.58. The summed E-state index contributed by atoms with van der Waals surface area (Å²) < 4.78 is 10.4. The highest BCUT2D eigenvalue weighted by Crippen LogP contribution is 2.32. The third-order valence-corrected chi connectivity index (χ3v) is 5.94. The van der Waals surface area contributed by atoms with E-state index in [9.17, 15) is 14.4 Å². The van der Waals surface area contributed by atoms with Gasteiger partial charge in [-0.2, -0.15) is 10.2 Å². The minimum Gasteiger partial charge on any atom is -0.363 e. The second-order valence-electron chi connectivity index (χ2n) is 8.03. The Hall–Kier alpha value is -2.75. The van der Waals surface area contributed by atoms with Crippen LogP contribution in [-0.4, -0.2) is 53.6 Å². The van der Waals surface area contributed by atoms with E-state index in [1.54, 1.807) is 28.9 Å². The van der Waals surface area contributed by atoms with Crippen molar-refractivity contribution in [2.24, 2.45) is 13.0 Å². The number of nitrogens with zero attached hydrogens (tertiary/aromatic N) is 6. The molecule has 0 unspecified atom stereocenters. The molecule has 1 aliphatic carbocycles. The van der Waals surface area contributed by atoms with Crippen LogP contribution in [0.1, 0.15) is 35.6 Å². The number of ether oxygens (including phenoxy) is 1. The first-order chi connectivity index (χ1) is 13.5. The fourth-order valence-corrected chi connectivity index (χ4v) is 4.08. The summed E-state index contributed by atoms with van der Waals surface area (Å²) in [4.78, 5) is 39.6. The maximum Gasteiger partial charge on any atom is 0.332 e. The van der Waals surface area contributed by atoms with E-state index in [1.165, 1.54) is 9.25 Å². The Balaban J connectivity index is 1.39. The maximum absolute atomic E-state index is 12.8. The molecule has 148 valence electrons. The summed E-state index contributed by atoms with van der Waals surface area (Å²) >= 11 is 0. The van der Waals surface area contributed by atoms with E-state index in [2.05, 4.69) is 10.2 Å². The minimum absolute atomic E-state index is 0.114. The van der Waals surface area contributed by atoms with Crippen LogP contribution in [0.15, 0.2) is 21.9 Å². The zero-order valence-electron chi connectivity index (χ0n) is 15.7. The van der Waals surface area contributed by atoms with Crippen molar-refractivity contribution in [1.82, 2.24) is 29.0 Å². The Morgan fingerprint density at radius 3 is 2.82 bits per heavy atom. The van der Waals surface area contributed by atoms with Crippen LogP contribution in [0.2, 0.25) is 0 Å². The van der Waals surface area contributed by atoms with Gasteiger partial charge in [-0.05, 0) is 31.2 Å². The second-order valence-corrected chi connectivity index (χ2v) is 8.03. The van der Waals surface area contributed by atoms with Crippen LogP contribution in [0, 0.1) is 5.92 Å². The molecule has 28 heavy (non-hydrogen) atoms. The lowest BCUT2D eigenvalue weighted by Gasteiger charge is -2.35. The monoisotopic (exact) mass is 386 g/mol. The van der Waals surface area contributed by atoms with Gasteiger partial charge in [-0.25, -0.2) is 4.68 Å². The minimum atomic E-state index is -0.665. The van der Waals surface area contributed by atoms with E-state index in [4.69, 9.17) is 4.74 Å². The zero-order valence-corrected chi connectivity index (χ0v) is 15.7. The van der Waals surface area contributed by atoms with Crippen molar-refractivity contribution in [1.29, 1.82) is 0 Å². The maximum atomic E-state index is 12.8. The highest BCUT2D eigenvalue weighted by Gasteiger charge is 2.45. The number of likely N-dealkylation sites (tertiary alicyclic amines) is 1. The van der Waals surface area contributed by atoms with Gasteiger partial charge in [0.2, 0.25) is 0 Å². The summed E-state index contributed by atoms with van der Waals surface area (Å²) in [7, 11) is 1.73. The molecule has 5 rings (SSSR count). The average Bonchev–Trinajstić information content (AvgIpc) is 3.25. The molecular formula is C18H22N6O4. The molecule has 0 bridgehead atoms. The van der Waals surface area contributed by atoms with Crippen molar-refractivity contribution < 1.29 is 9.53 Å². The predicted octanol–water partition coefficient (Wildman–Crippen LogP) is -0.636. The fraction of sp³-hybridized carbons (Fsp3) is 0.611. The number of hydrogen-bond acceptors (Lipinski definition) is 6. The topological polar surface area (TPSA) is 104 Å². The third kappa shape index (κ3) is 2.79. The van der Waals surface area contributed by atoms with E-state index in [0.29, 0.717) is 43.5 Å². The van der Waals surface area contributed by atoms with Crippen molar-refractivity contribution in [3.63, 3.8) is 0 Å². The van der Waals surface area contributed by atoms with Crippen LogP contribution in [0.4, 0.5) is 0 Å². The van der Waals surface area contributed by atoms with E-state index in [0.717, 1.165) is 12.8 Å². The smallest absolute Gasteiger partial charge is 0.332 e. The summed E-state index contributed by atoms with van der Waals surface area (Å²) in [6.45, 7) is 1.80. The third-order valence-electron chi connectivity index (χ3n) is 5.94. The number of aromatic nitrogens is 5. The number of amides is 1. The van der Waals surface area contributed by atoms with E-state index >= 15 is 0 Å². The van der Waals surface area contributed by atoms with Crippen molar-refractivity contribution in [3.05, 3.63) is 44.5 Å². The SMILES string of the molecule is Cn1nccc1C(=O)N1CC[C@@]2(C1)Cn1c(nn(CC3CC3)c(=O)c1=O)CO2. The van der Waals surface area contributed by atoms with E-state index in [-0.39, 0.29) is 19.1 Å². The summed E-state index contributed by atoms with van der Waals surface area (Å²) in [5.74, 6) is 0.814. The second kappa shape index (κ2) is 6.13. The lowest BCUT2D eigenvalue weighted by molar-refractivity contribution is -0.0843. The Morgan fingerprint density at radius 1 is 1.29 bits per heavy atom. The molecule has 4 heterocycles. The van der Waals surface area contributed by atoms with Crippen LogP contribution < -0.4 is 11.1 Å². The molecule has 2 aromatic rings. The molecule has 1 spiro atoms. The molecule has 2 aromatic heterocycles. The average molecular weight is 386 g/mol. The van der Waals surface area contributed by atoms with Gasteiger partial charge in [0.25, 0.3) is 5.91 Å². The zero-order chi connectivity index (χ0) is 19.5. The first kappa shape index (κ1) is 17.4. The molecule has 3 aliphatic rings. The van der Waals surface area contributed by atoms with Crippen LogP contribution in [-0.2, 0) is 31.5 Å². The van der Waals surface area contributed by atoms with Gasteiger partial charge < -0.3 is 9.64 Å². The van der Waals surface area contributed by atoms with Crippen molar-refractivity contribution in [2.45, 2.75) is 44.6 Å². The standard InChI is InChI=1S/C18H22N6O4/c1-21-13(4-6-19-21)15(25)22-7-5-18(10-22)11-23-14(9-28-18)20-24(8-12-2-3-12)17(27)16(23)26/h4,6,12H,2-3,5,7-11H2,1H3/t18-/m1/s1. The predicted molar refractivity (Wildman–Crippen MR) is 96.7 cm³/mol. The van der Waals surface area contributed by atoms with Gasteiger partial charge in [-0.15, -0.1) is 0 Å². The molecular weight excluding hydrogens is 364 g/mol. The normalized spacial score (nSPS) is 24.0. The van der Waals surface area contributed by atoms with Crippen LogP contribution in [0.25, 0.3) is 0 Å². The highest BCUT2D eigenvalue weighted by molar-refractivity contribution is 5.92. The van der Waals surface area contributed by atoms with Crippen LogP contribution in [0.5, 0.6) is 0 Å². The number of carbonyl (C=O) groups is 1. The van der Waals surface area contributed by atoms with Gasteiger partial charge in [0, 0.05) is 26.3 Å². The Kier molecular flexibility index (Phi) is 3.80. The van der Waals surface area contributed by atoms with Gasteiger partial charge in [0.1, 0.15) is 17.9 Å². The molecule has 2 aliphatic heterocycles. The molecule has 10 nitrogen and oxygen atoms in total. The molecule has 1 amide bonds.